The van der Waals surface area contributed by atoms with Crippen LogP contribution in [0.15, 0.2) is 18.2 Å². The van der Waals surface area contributed by atoms with Gasteiger partial charge in [-0.1, -0.05) is 12.1 Å². The lowest BCUT2D eigenvalue weighted by Crippen LogP contribution is -2.34. The summed E-state index contributed by atoms with van der Waals surface area (Å²) in [4.78, 5) is 11.4. The van der Waals surface area contributed by atoms with Crippen LogP contribution in [0.4, 0.5) is 4.39 Å². The molecule has 0 heterocycles. The zero-order chi connectivity index (χ0) is 12.3. The summed E-state index contributed by atoms with van der Waals surface area (Å²) in [7, 11) is 0. The van der Waals surface area contributed by atoms with Crippen molar-refractivity contribution in [3.63, 3.8) is 0 Å². The number of aryl methyl sites for hydroxylation is 1. The van der Waals surface area contributed by atoms with Crippen molar-refractivity contribution in [1.82, 2.24) is 10.6 Å². The summed E-state index contributed by atoms with van der Waals surface area (Å²) >= 11 is 0. The van der Waals surface area contributed by atoms with E-state index in [9.17, 15) is 9.18 Å². The van der Waals surface area contributed by atoms with E-state index in [2.05, 4.69) is 10.6 Å². The molecular weight excluding hydrogens is 219 g/mol. The van der Waals surface area contributed by atoms with Crippen LogP contribution >= 0.6 is 0 Å². The summed E-state index contributed by atoms with van der Waals surface area (Å²) < 4.78 is 13.2. The first kappa shape index (κ1) is 12.0. The van der Waals surface area contributed by atoms with Crippen LogP contribution in [0.5, 0.6) is 0 Å². The van der Waals surface area contributed by atoms with E-state index in [-0.39, 0.29) is 18.3 Å². The standard InChI is InChI=1S/C13H17FN2O/c1-9-2-3-10(6-12(9)14)7-15-8-13(17)16-11-4-5-11/h2-3,6,11,15H,4-5,7-8H2,1H3,(H,16,17). The fourth-order valence-corrected chi connectivity index (χ4v) is 1.57. The average molecular weight is 236 g/mol. The van der Waals surface area contributed by atoms with Gasteiger partial charge in [-0.15, -0.1) is 0 Å². The van der Waals surface area contributed by atoms with Gasteiger partial charge in [-0.2, -0.15) is 0 Å². The largest absolute Gasteiger partial charge is 0.352 e. The smallest absolute Gasteiger partial charge is 0.234 e. The van der Waals surface area contributed by atoms with E-state index in [1.54, 1.807) is 13.0 Å². The van der Waals surface area contributed by atoms with Crippen LogP contribution in [-0.2, 0) is 11.3 Å². The third kappa shape index (κ3) is 3.82. The van der Waals surface area contributed by atoms with E-state index in [0.29, 0.717) is 18.2 Å². The molecule has 1 aliphatic rings. The first-order valence-corrected chi connectivity index (χ1v) is 5.90. The Kier molecular flexibility index (Phi) is 3.74. The minimum absolute atomic E-state index is 0.0140. The Morgan fingerprint density at radius 1 is 1.47 bits per heavy atom. The quantitative estimate of drug-likeness (QED) is 0.813. The SMILES string of the molecule is Cc1ccc(CNCC(=O)NC2CC2)cc1F. The van der Waals surface area contributed by atoms with E-state index < -0.39 is 0 Å². The molecule has 1 aromatic rings. The number of carbonyl (C=O) groups excluding carboxylic acids is 1. The molecule has 2 N–H and O–H groups in total. The molecule has 1 aliphatic carbocycles. The van der Waals surface area contributed by atoms with Crippen molar-refractivity contribution in [1.29, 1.82) is 0 Å². The second-order valence-corrected chi connectivity index (χ2v) is 4.53. The molecule has 0 aromatic heterocycles. The highest BCUT2D eigenvalue weighted by atomic mass is 19.1. The molecule has 1 aromatic carbocycles. The summed E-state index contributed by atoms with van der Waals surface area (Å²) in [5, 5.41) is 5.89. The lowest BCUT2D eigenvalue weighted by molar-refractivity contribution is -0.120. The van der Waals surface area contributed by atoms with Gasteiger partial charge in [0.15, 0.2) is 0 Å². The molecule has 0 aliphatic heterocycles. The normalized spacial score (nSPS) is 14.7. The molecule has 92 valence electrons. The molecule has 0 spiro atoms. The molecule has 0 unspecified atom stereocenters. The first-order valence-electron chi connectivity index (χ1n) is 5.90. The molecule has 0 bridgehead atoms. The van der Waals surface area contributed by atoms with Crippen LogP contribution in [0.1, 0.15) is 24.0 Å². The number of halogens is 1. The molecule has 0 radical (unpaired) electrons. The fourth-order valence-electron chi connectivity index (χ4n) is 1.57. The van der Waals surface area contributed by atoms with E-state index in [0.717, 1.165) is 18.4 Å². The van der Waals surface area contributed by atoms with Gasteiger partial charge in [0.05, 0.1) is 6.54 Å². The summed E-state index contributed by atoms with van der Waals surface area (Å²) in [5.41, 5.74) is 1.49. The molecule has 1 fully saturated rings. The summed E-state index contributed by atoms with van der Waals surface area (Å²) in [6.07, 6.45) is 2.18. The van der Waals surface area contributed by atoms with Gasteiger partial charge in [-0.3, -0.25) is 4.79 Å². The molecule has 0 atom stereocenters. The van der Waals surface area contributed by atoms with Crippen molar-refractivity contribution in [2.45, 2.75) is 32.4 Å². The molecule has 1 amide bonds. The summed E-state index contributed by atoms with van der Waals surface area (Å²) in [5.74, 6) is -0.188. The van der Waals surface area contributed by atoms with E-state index >= 15 is 0 Å². The van der Waals surface area contributed by atoms with Crippen molar-refractivity contribution in [2.24, 2.45) is 0 Å². The third-order valence-corrected chi connectivity index (χ3v) is 2.79. The van der Waals surface area contributed by atoms with E-state index in [1.165, 1.54) is 6.07 Å². The van der Waals surface area contributed by atoms with Crippen LogP contribution in [0.25, 0.3) is 0 Å². The van der Waals surface area contributed by atoms with Gasteiger partial charge in [0.25, 0.3) is 0 Å². The van der Waals surface area contributed by atoms with Crippen molar-refractivity contribution in [3.05, 3.63) is 35.1 Å². The summed E-state index contributed by atoms with van der Waals surface area (Å²) in [6, 6.07) is 5.50. The predicted molar refractivity (Wildman–Crippen MR) is 64.0 cm³/mol. The minimum Gasteiger partial charge on any atom is -0.352 e. The maximum Gasteiger partial charge on any atom is 0.234 e. The van der Waals surface area contributed by atoms with Crippen LogP contribution in [-0.4, -0.2) is 18.5 Å². The average Bonchev–Trinajstić information content (AvgIpc) is 3.07. The van der Waals surface area contributed by atoms with Gasteiger partial charge in [0.2, 0.25) is 5.91 Å². The van der Waals surface area contributed by atoms with Gasteiger partial charge in [0, 0.05) is 12.6 Å². The molecular formula is C13H17FN2O. The zero-order valence-corrected chi connectivity index (χ0v) is 9.92. The first-order chi connectivity index (χ1) is 8.15. The van der Waals surface area contributed by atoms with Crippen molar-refractivity contribution in [2.75, 3.05) is 6.54 Å². The Labute approximate surface area is 100 Å². The Balaban J connectivity index is 1.73. The number of rotatable bonds is 5. The van der Waals surface area contributed by atoms with Crippen LogP contribution in [0.2, 0.25) is 0 Å². The number of carbonyl (C=O) groups is 1. The molecule has 4 heteroatoms. The van der Waals surface area contributed by atoms with Crippen molar-refractivity contribution >= 4 is 5.91 Å². The van der Waals surface area contributed by atoms with E-state index in [1.807, 2.05) is 6.07 Å². The molecule has 3 nitrogen and oxygen atoms in total. The zero-order valence-electron chi connectivity index (χ0n) is 9.92. The fraction of sp³-hybridized carbons (Fsp3) is 0.462. The van der Waals surface area contributed by atoms with Crippen LogP contribution in [0, 0.1) is 12.7 Å². The van der Waals surface area contributed by atoms with Gasteiger partial charge < -0.3 is 10.6 Å². The highest BCUT2D eigenvalue weighted by Gasteiger charge is 2.22. The minimum atomic E-state index is -0.202. The lowest BCUT2D eigenvalue weighted by Gasteiger charge is -2.06. The third-order valence-electron chi connectivity index (χ3n) is 2.79. The number of benzene rings is 1. The van der Waals surface area contributed by atoms with Gasteiger partial charge in [-0.25, -0.2) is 4.39 Å². The van der Waals surface area contributed by atoms with Crippen molar-refractivity contribution in [3.8, 4) is 0 Å². The molecule has 17 heavy (non-hydrogen) atoms. The highest BCUT2D eigenvalue weighted by molar-refractivity contribution is 5.78. The number of hydrogen-bond acceptors (Lipinski definition) is 2. The summed E-state index contributed by atoms with van der Waals surface area (Å²) in [6.45, 7) is 2.52. The predicted octanol–water partition coefficient (Wildman–Crippen LogP) is 1.50. The lowest BCUT2D eigenvalue weighted by atomic mass is 10.1. The van der Waals surface area contributed by atoms with Gasteiger partial charge >= 0.3 is 0 Å². The second kappa shape index (κ2) is 5.27. The van der Waals surface area contributed by atoms with Crippen molar-refractivity contribution < 1.29 is 9.18 Å². The molecule has 2 rings (SSSR count). The Morgan fingerprint density at radius 3 is 2.88 bits per heavy atom. The number of hydrogen-bond donors (Lipinski definition) is 2. The monoisotopic (exact) mass is 236 g/mol. The Bertz CT molecular complexity index is 416. The molecule has 1 saturated carbocycles. The topological polar surface area (TPSA) is 41.1 Å². The van der Waals surface area contributed by atoms with E-state index in [4.69, 9.17) is 0 Å². The number of amides is 1. The maximum atomic E-state index is 13.2. The second-order valence-electron chi connectivity index (χ2n) is 4.53. The Hall–Kier alpha value is -1.42. The Morgan fingerprint density at radius 2 is 2.24 bits per heavy atom. The maximum absolute atomic E-state index is 13.2. The van der Waals surface area contributed by atoms with Gasteiger partial charge in [-0.05, 0) is 37.0 Å². The highest BCUT2D eigenvalue weighted by Crippen LogP contribution is 2.18. The molecule has 0 saturated heterocycles. The van der Waals surface area contributed by atoms with Gasteiger partial charge in [0.1, 0.15) is 5.82 Å². The number of nitrogens with one attached hydrogen (secondary N) is 2. The van der Waals surface area contributed by atoms with Crippen LogP contribution in [0.3, 0.4) is 0 Å². The van der Waals surface area contributed by atoms with Crippen LogP contribution < -0.4 is 10.6 Å².